The lowest BCUT2D eigenvalue weighted by molar-refractivity contribution is -0.110. The third kappa shape index (κ3) is 15.6. The monoisotopic (exact) mass is 1130 g/mol. The van der Waals surface area contributed by atoms with Crippen molar-refractivity contribution in [3.63, 3.8) is 0 Å². The number of carbonyl (C=O) groups excluding carboxylic acids is 2. The van der Waals surface area contributed by atoms with Crippen LogP contribution in [0.15, 0.2) is 187 Å². The Morgan fingerprint density at radius 2 is 1.04 bits per heavy atom. The lowest BCUT2D eigenvalue weighted by atomic mass is 10.1. The Balaban J connectivity index is 0.000000214. The number of para-hydroxylation sites is 8. The average molecular weight is 1130 g/mol. The summed E-state index contributed by atoms with van der Waals surface area (Å²) < 4.78 is 57.0. The second kappa shape index (κ2) is 29.4. The van der Waals surface area contributed by atoms with E-state index in [9.17, 15) is 9.59 Å². The summed E-state index contributed by atoms with van der Waals surface area (Å²) in [5, 5.41) is 8.16. The largest absolute Gasteiger partial charge is 0.491 e. The van der Waals surface area contributed by atoms with Crippen molar-refractivity contribution >= 4 is 87.6 Å². The maximum Gasteiger partial charge on any atom is 0.335 e. The van der Waals surface area contributed by atoms with E-state index in [-0.39, 0.29) is 24.4 Å². The van der Waals surface area contributed by atoms with Gasteiger partial charge in [-0.2, -0.15) is 16.8 Å². The zero-order chi connectivity index (χ0) is 56.9. The van der Waals surface area contributed by atoms with Crippen molar-refractivity contribution in [2.75, 3.05) is 30.5 Å². The number of aromatic nitrogens is 4. The maximum absolute atomic E-state index is 13.7. The molecule has 4 heterocycles. The third-order valence-corrected chi connectivity index (χ3v) is 14.2. The van der Waals surface area contributed by atoms with Crippen LogP contribution in [0, 0.1) is 0 Å². The van der Waals surface area contributed by atoms with Crippen molar-refractivity contribution in [2.24, 2.45) is 4.99 Å². The minimum atomic E-state index is -1.25. The van der Waals surface area contributed by atoms with Gasteiger partial charge in [0.25, 0.3) is 11.8 Å². The van der Waals surface area contributed by atoms with E-state index < -0.39 is 31.2 Å². The van der Waals surface area contributed by atoms with Gasteiger partial charge in [-0.3, -0.25) is 9.59 Å². The van der Waals surface area contributed by atoms with Crippen molar-refractivity contribution in [1.82, 2.24) is 18.7 Å². The van der Waals surface area contributed by atoms with E-state index >= 15 is 0 Å². The third-order valence-electron chi connectivity index (χ3n) is 12.5. The molecule has 0 aliphatic carbocycles. The second-order valence-corrected chi connectivity index (χ2v) is 25.3. The molecule has 2 N–H and O–H groups in total. The molecule has 19 heteroatoms. The van der Waals surface area contributed by atoms with Gasteiger partial charge in [-0.05, 0) is 79.5 Å². The number of hydrogen-bond acceptors (Lipinski definition) is 11. The van der Waals surface area contributed by atoms with Gasteiger partial charge in [-0.1, -0.05) is 137 Å². The van der Waals surface area contributed by atoms with Crippen LogP contribution in [0.1, 0.15) is 49.3 Å². The second-order valence-electron chi connectivity index (χ2n) is 19.4. The summed E-state index contributed by atoms with van der Waals surface area (Å²) in [6.45, 7) is 13.1. The predicted octanol–water partition coefficient (Wildman–Crippen LogP) is 12.8. The highest BCUT2D eigenvalue weighted by molar-refractivity contribution is 7.52. The number of allylic oxidation sites excluding steroid dienone is 1. The van der Waals surface area contributed by atoms with Gasteiger partial charge in [0, 0.05) is 73.0 Å². The van der Waals surface area contributed by atoms with Crippen LogP contribution in [-0.2, 0) is 39.4 Å². The van der Waals surface area contributed by atoms with Gasteiger partial charge >= 0.3 is 23.1 Å². The molecule has 0 spiro atoms. The van der Waals surface area contributed by atoms with Gasteiger partial charge in [0.05, 0.1) is 47.0 Å². The minimum absolute atomic E-state index is 0.208. The molecule has 0 fully saturated rings. The van der Waals surface area contributed by atoms with Gasteiger partial charge in [0.15, 0.2) is 0 Å². The van der Waals surface area contributed by atoms with E-state index in [0.717, 1.165) is 68.9 Å². The molecule has 0 bridgehead atoms. The molecule has 1 aliphatic heterocycles. The Kier molecular flexibility index (Phi) is 21.7. The van der Waals surface area contributed by atoms with Gasteiger partial charge in [0.2, 0.25) is 5.82 Å². The number of rotatable bonds is 19. The molecule has 16 nitrogen and oxygen atoms in total. The van der Waals surface area contributed by atoms with Crippen LogP contribution in [0.2, 0.25) is 25.7 Å². The smallest absolute Gasteiger partial charge is 0.335 e. The van der Waals surface area contributed by atoms with E-state index in [1.165, 1.54) is 0 Å². The van der Waals surface area contributed by atoms with Crippen LogP contribution in [0.3, 0.4) is 0 Å². The van der Waals surface area contributed by atoms with Crippen LogP contribution in [-0.4, -0.2) is 80.9 Å². The summed E-state index contributed by atoms with van der Waals surface area (Å²) in [5.41, 5.74) is 9.59. The summed E-state index contributed by atoms with van der Waals surface area (Å²) in [4.78, 5) is 36.2. The quantitative estimate of drug-likeness (QED) is 0.0581. The lowest BCUT2D eigenvalue weighted by Crippen LogP contribution is -2.23. The maximum atomic E-state index is 13.7. The summed E-state index contributed by atoms with van der Waals surface area (Å²) in [6.07, 6.45) is 10.4. The fourth-order valence-electron chi connectivity index (χ4n) is 8.67. The molecule has 1 aliphatic rings. The number of aliphatic imine (C=N–C) groups is 1. The van der Waals surface area contributed by atoms with Crippen LogP contribution < -0.4 is 20.1 Å². The Hall–Kier alpha value is -8.62. The van der Waals surface area contributed by atoms with Crippen molar-refractivity contribution in [3.8, 4) is 34.1 Å². The minimum Gasteiger partial charge on any atom is -0.491 e. The van der Waals surface area contributed by atoms with Crippen molar-refractivity contribution < 1.29 is 40.6 Å². The molecule has 80 heavy (non-hydrogen) atoms. The molecule has 3 aromatic heterocycles. The Labute approximate surface area is 473 Å². The number of benzene rings is 6. The number of hydrogen-bond donors (Lipinski definition) is 2. The van der Waals surface area contributed by atoms with Gasteiger partial charge < -0.3 is 38.5 Å². The molecule has 0 atom stereocenters. The normalized spacial score (nSPS) is 11.6. The number of nitrogens with one attached hydrogen (secondary N) is 2. The molecular weight excluding hydrogens is 1070 g/mol. The van der Waals surface area contributed by atoms with Crippen LogP contribution in [0.25, 0.3) is 50.1 Å². The molecule has 10 rings (SSSR count). The van der Waals surface area contributed by atoms with Crippen molar-refractivity contribution in [3.05, 3.63) is 194 Å². The molecule has 0 radical (unpaired) electrons. The molecule has 0 saturated carbocycles. The summed E-state index contributed by atoms with van der Waals surface area (Å²) >= 11 is -1.50. The summed E-state index contributed by atoms with van der Waals surface area (Å²) in [5.74, 6) is 1.07. The van der Waals surface area contributed by atoms with E-state index in [4.69, 9.17) is 41.0 Å². The van der Waals surface area contributed by atoms with E-state index in [0.29, 0.717) is 60.5 Å². The first-order valence-corrected chi connectivity index (χ1v) is 31.1. The Morgan fingerprint density at radius 1 is 0.575 bits per heavy atom. The van der Waals surface area contributed by atoms with Gasteiger partial charge in [-0.15, -0.1) is 0 Å². The highest BCUT2D eigenvalue weighted by atomic mass is 32.1. The summed E-state index contributed by atoms with van der Waals surface area (Å²) in [7, 11) is -1.25. The Bertz CT molecular complexity index is 3660. The number of ether oxygens (including phenoxy) is 3. The van der Waals surface area contributed by atoms with Gasteiger partial charge in [-0.25, -0.2) is 9.98 Å². The summed E-state index contributed by atoms with van der Waals surface area (Å²) in [6, 6.07) is 53.0. The van der Waals surface area contributed by atoms with Crippen LogP contribution in [0.4, 0.5) is 11.4 Å². The number of nitrogens with zero attached hydrogens (tertiary/aromatic N) is 5. The number of carbonyl (C=O) groups is 2. The molecule has 6 aromatic carbocycles. The number of imidazole rings is 1. The molecule has 0 saturated heterocycles. The number of anilines is 2. The number of fused-ring (bicyclic) bond motifs is 2. The predicted molar refractivity (Wildman–Crippen MR) is 321 cm³/mol. The standard InChI is InChI=1S/C33H38N4O3Si.C28H25N3O2.2O2S/c1-5-19-40-31-18-12-10-16-28(31)35-33(38)32-34-29(23-36(32)24-39-20-21-41(2,3)4)27-22-37(25-13-7-6-8-14-25)30-17-11-9-15-26(27)30;1-2-18-33-27-15-9-7-13-24(27)30-28(32)25-17-16-23(29-25)22-19-31(20-10-4-3-5-11-20)26-14-8-6-12-21(22)26;2*1-3-2/h6-18,22-23H,5,19-21,24H2,1-4H3,(H,35,38);3-16,19H,2,17-18H2,1H3,(H,30,32);;. The molecule has 0 unspecified atom stereocenters. The molecule has 9 aromatic rings. The van der Waals surface area contributed by atoms with Crippen molar-refractivity contribution in [2.45, 2.75) is 65.5 Å². The van der Waals surface area contributed by atoms with Crippen molar-refractivity contribution in [1.29, 1.82) is 0 Å². The average Bonchev–Trinajstić information content (AvgIpc) is 4.37. The van der Waals surface area contributed by atoms with E-state index in [2.05, 4.69) is 114 Å². The first kappa shape index (κ1) is 59.0. The first-order valence-electron chi connectivity index (χ1n) is 26.1. The SMILES string of the molecule is CCCOc1ccccc1NC(=O)C1=NC(c2cn(-c3ccccc3)c3ccccc23)=CC1.CCCOc1ccccc1NC(=O)c1nc(-c2cn(-c3ccccc3)c3ccccc23)cn1COCC[Si](C)(C)C.O=S=O.O=S=O. The highest BCUT2D eigenvalue weighted by Crippen LogP contribution is 2.35. The van der Waals surface area contributed by atoms with Crippen LogP contribution >= 0.6 is 0 Å². The van der Waals surface area contributed by atoms with E-state index in [1.807, 2.05) is 121 Å². The lowest BCUT2D eigenvalue weighted by Gasteiger charge is -2.16. The number of amides is 2. The molecule has 412 valence electrons. The fourth-order valence-corrected chi connectivity index (χ4v) is 9.43. The highest BCUT2D eigenvalue weighted by Gasteiger charge is 2.24. The van der Waals surface area contributed by atoms with Gasteiger partial charge in [0.1, 0.15) is 23.9 Å². The first-order chi connectivity index (χ1) is 38.9. The van der Waals surface area contributed by atoms with E-state index in [1.54, 1.807) is 4.57 Å². The zero-order valence-corrected chi connectivity index (χ0v) is 47.8. The fraction of sp³-hybridized carbons (Fsp3) is 0.213. The zero-order valence-electron chi connectivity index (χ0n) is 45.2. The molecular formula is C61H63N7O9S2Si. The Morgan fingerprint density at radius 3 is 1.56 bits per heavy atom. The topological polar surface area (TPSA) is 194 Å². The van der Waals surface area contributed by atoms with Crippen LogP contribution in [0.5, 0.6) is 11.5 Å². The molecule has 2 amide bonds.